The number of aryl methyl sites for hydroxylation is 1. The molecule has 0 unspecified atom stereocenters. The molecule has 4 aromatic rings. The molecular weight excluding hydrogens is 510 g/mol. The van der Waals surface area contributed by atoms with Gasteiger partial charge in [0.25, 0.3) is 5.91 Å². The highest BCUT2D eigenvalue weighted by Crippen LogP contribution is 2.32. The van der Waals surface area contributed by atoms with Gasteiger partial charge in [0, 0.05) is 30.2 Å². The summed E-state index contributed by atoms with van der Waals surface area (Å²) in [5.41, 5.74) is 1.82. The van der Waals surface area contributed by atoms with Crippen LogP contribution < -0.4 is 10.6 Å². The van der Waals surface area contributed by atoms with Crippen molar-refractivity contribution < 1.29 is 22.4 Å². The van der Waals surface area contributed by atoms with E-state index in [-0.39, 0.29) is 5.56 Å². The minimum Gasteiger partial charge on any atom is -0.353 e. The maximum atomic E-state index is 14.2. The number of amides is 1. The van der Waals surface area contributed by atoms with Gasteiger partial charge in [0.1, 0.15) is 5.82 Å². The van der Waals surface area contributed by atoms with Crippen LogP contribution in [0.15, 0.2) is 60.8 Å². The van der Waals surface area contributed by atoms with E-state index in [2.05, 4.69) is 25.5 Å². The summed E-state index contributed by atoms with van der Waals surface area (Å²) >= 11 is 0. The highest BCUT2D eigenvalue weighted by atomic mass is 19.4. The zero-order chi connectivity index (χ0) is 27.6. The highest BCUT2D eigenvalue weighted by Gasteiger charge is 2.31. The number of anilines is 2. The van der Waals surface area contributed by atoms with Gasteiger partial charge in [-0.25, -0.2) is 14.4 Å². The molecule has 202 valence electrons. The fourth-order valence-electron chi connectivity index (χ4n) is 4.68. The van der Waals surface area contributed by atoms with E-state index in [1.165, 1.54) is 12.8 Å². The standard InChI is InChI=1S/C29H27F4N5O/c1-18-4-5-20(27(39)36-26-16-22(29(31,32)33)7-8-24(26)30)15-23(18)19-6-9-25-21(14-19)17-35-28(37-25)34-10-13-38-11-2-3-12-38/h4-9,14-17H,2-3,10-13H2,1H3,(H,36,39)(H,34,35,37). The van der Waals surface area contributed by atoms with Crippen molar-refractivity contribution in [1.82, 2.24) is 14.9 Å². The molecule has 5 rings (SSSR count). The predicted octanol–water partition coefficient (Wildman–Crippen LogP) is 6.52. The number of fused-ring (bicyclic) bond motifs is 1. The maximum Gasteiger partial charge on any atom is 0.416 e. The lowest BCUT2D eigenvalue weighted by Crippen LogP contribution is -2.26. The van der Waals surface area contributed by atoms with E-state index in [0.29, 0.717) is 24.1 Å². The molecule has 0 radical (unpaired) electrons. The molecular formula is C29H27F4N5O. The Kier molecular flexibility index (Phi) is 7.47. The predicted molar refractivity (Wildman–Crippen MR) is 143 cm³/mol. The molecule has 1 aliphatic rings. The molecule has 39 heavy (non-hydrogen) atoms. The van der Waals surface area contributed by atoms with Gasteiger partial charge in [-0.1, -0.05) is 12.1 Å². The van der Waals surface area contributed by atoms with Crippen molar-refractivity contribution in [2.75, 3.05) is 36.8 Å². The summed E-state index contributed by atoms with van der Waals surface area (Å²) < 4.78 is 53.3. The molecule has 1 aromatic heterocycles. The summed E-state index contributed by atoms with van der Waals surface area (Å²) in [6, 6.07) is 12.5. The molecule has 2 heterocycles. The molecule has 6 nitrogen and oxygen atoms in total. The van der Waals surface area contributed by atoms with Crippen molar-refractivity contribution in [2.24, 2.45) is 0 Å². The average Bonchev–Trinajstić information content (AvgIpc) is 3.43. The Labute approximate surface area is 223 Å². The number of likely N-dealkylation sites (tertiary alicyclic amines) is 1. The van der Waals surface area contributed by atoms with Gasteiger partial charge < -0.3 is 15.5 Å². The topological polar surface area (TPSA) is 70.2 Å². The summed E-state index contributed by atoms with van der Waals surface area (Å²) in [5, 5.41) is 6.36. The number of nitrogens with one attached hydrogen (secondary N) is 2. The Morgan fingerprint density at radius 3 is 2.59 bits per heavy atom. The Morgan fingerprint density at radius 1 is 1.03 bits per heavy atom. The van der Waals surface area contributed by atoms with E-state index in [4.69, 9.17) is 0 Å². The van der Waals surface area contributed by atoms with Crippen molar-refractivity contribution in [3.63, 3.8) is 0 Å². The number of halogens is 4. The number of benzene rings is 3. The summed E-state index contributed by atoms with van der Waals surface area (Å²) in [5.74, 6) is -1.11. The minimum atomic E-state index is -4.66. The number of aromatic nitrogens is 2. The molecule has 0 atom stereocenters. The van der Waals surface area contributed by atoms with Crippen LogP contribution in [0, 0.1) is 12.7 Å². The normalized spacial score (nSPS) is 14.1. The molecule has 3 aromatic carbocycles. The number of hydrogen-bond acceptors (Lipinski definition) is 5. The monoisotopic (exact) mass is 537 g/mol. The van der Waals surface area contributed by atoms with Crippen molar-refractivity contribution in [3.8, 4) is 11.1 Å². The largest absolute Gasteiger partial charge is 0.416 e. The van der Waals surface area contributed by atoms with E-state index in [1.54, 1.807) is 24.4 Å². The van der Waals surface area contributed by atoms with Crippen molar-refractivity contribution >= 4 is 28.4 Å². The molecule has 0 saturated carbocycles. The first-order valence-corrected chi connectivity index (χ1v) is 12.7. The van der Waals surface area contributed by atoms with E-state index in [9.17, 15) is 22.4 Å². The third-order valence-electron chi connectivity index (χ3n) is 6.84. The third-order valence-corrected chi connectivity index (χ3v) is 6.84. The summed E-state index contributed by atoms with van der Waals surface area (Å²) in [4.78, 5) is 24.3. The van der Waals surface area contributed by atoms with Crippen LogP contribution in [0.5, 0.6) is 0 Å². The van der Waals surface area contributed by atoms with Gasteiger partial charge in [-0.3, -0.25) is 4.79 Å². The van der Waals surface area contributed by atoms with Crippen LogP contribution >= 0.6 is 0 Å². The first kappa shape index (κ1) is 26.6. The maximum absolute atomic E-state index is 14.2. The molecule has 2 N–H and O–H groups in total. The van der Waals surface area contributed by atoms with Crippen LogP contribution in [0.3, 0.4) is 0 Å². The SMILES string of the molecule is Cc1ccc(C(=O)Nc2cc(C(F)(F)F)ccc2F)cc1-c1ccc2nc(NCCN3CCCC3)ncc2c1. The zero-order valence-corrected chi connectivity index (χ0v) is 21.3. The summed E-state index contributed by atoms with van der Waals surface area (Å²) in [7, 11) is 0. The Morgan fingerprint density at radius 2 is 1.82 bits per heavy atom. The van der Waals surface area contributed by atoms with Crippen LogP contribution in [0.2, 0.25) is 0 Å². The van der Waals surface area contributed by atoms with Crippen LogP contribution in [0.25, 0.3) is 22.0 Å². The fraction of sp³-hybridized carbons (Fsp3) is 0.276. The molecule has 1 saturated heterocycles. The molecule has 0 spiro atoms. The average molecular weight is 538 g/mol. The molecule has 1 amide bonds. The zero-order valence-electron chi connectivity index (χ0n) is 21.3. The van der Waals surface area contributed by atoms with Crippen molar-refractivity contribution in [3.05, 3.63) is 83.3 Å². The number of carbonyl (C=O) groups is 1. The van der Waals surface area contributed by atoms with Gasteiger partial charge in [0.15, 0.2) is 0 Å². The van der Waals surface area contributed by atoms with Gasteiger partial charge in [-0.15, -0.1) is 0 Å². The lowest BCUT2D eigenvalue weighted by atomic mass is 9.97. The van der Waals surface area contributed by atoms with Gasteiger partial charge >= 0.3 is 6.18 Å². The number of hydrogen-bond donors (Lipinski definition) is 2. The molecule has 10 heteroatoms. The Bertz CT molecular complexity index is 1520. The fourth-order valence-corrected chi connectivity index (χ4v) is 4.68. The van der Waals surface area contributed by atoms with Crippen LogP contribution in [-0.4, -0.2) is 47.0 Å². The number of carbonyl (C=O) groups excluding carboxylic acids is 1. The van der Waals surface area contributed by atoms with Crippen LogP contribution in [-0.2, 0) is 6.18 Å². The molecule has 1 fully saturated rings. The quantitative estimate of drug-likeness (QED) is 0.263. The summed E-state index contributed by atoms with van der Waals surface area (Å²) in [6.07, 6.45) is -0.423. The lowest BCUT2D eigenvalue weighted by molar-refractivity contribution is -0.137. The first-order valence-electron chi connectivity index (χ1n) is 12.7. The van der Waals surface area contributed by atoms with Crippen LogP contribution in [0.1, 0.15) is 34.3 Å². The Hall–Kier alpha value is -4.05. The van der Waals surface area contributed by atoms with E-state index >= 15 is 0 Å². The van der Waals surface area contributed by atoms with Crippen molar-refractivity contribution in [2.45, 2.75) is 25.9 Å². The molecule has 1 aliphatic heterocycles. The molecule has 0 aliphatic carbocycles. The number of rotatable bonds is 7. The van der Waals surface area contributed by atoms with Gasteiger partial charge in [-0.2, -0.15) is 13.2 Å². The summed E-state index contributed by atoms with van der Waals surface area (Å²) in [6.45, 7) is 5.87. The number of alkyl halides is 3. The first-order chi connectivity index (χ1) is 18.7. The minimum absolute atomic E-state index is 0.182. The van der Waals surface area contributed by atoms with Gasteiger partial charge in [0.2, 0.25) is 5.95 Å². The van der Waals surface area contributed by atoms with Gasteiger partial charge in [-0.05, 0) is 92.0 Å². The second-order valence-electron chi connectivity index (χ2n) is 9.62. The molecule has 0 bridgehead atoms. The Balaban J connectivity index is 1.33. The number of nitrogens with zero attached hydrogens (tertiary/aromatic N) is 3. The second kappa shape index (κ2) is 11.0. The van der Waals surface area contributed by atoms with Gasteiger partial charge in [0.05, 0.1) is 16.8 Å². The highest BCUT2D eigenvalue weighted by molar-refractivity contribution is 6.05. The smallest absolute Gasteiger partial charge is 0.353 e. The van der Waals surface area contributed by atoms with E-state index < -0.39 is 29.2 Å². The third kappa shape index (κ3) is 6.17. The van der Waals surface area contributed by atoms with E-state index in [0.717, 1.165) is 53.8 Å². The lowest BCUT2D eigenvalue weighted by Gasteiger charge is -2.15. The van der Waals surface area contributed by atoms with Crippen LogP contribution in [0.4, 0.5) is 29.2 Å². The van der Waals surface area contributed by atoms with Crippen molar-refractivity contribution in [1.29, 1.82) is 0 Å². The second-order valence-corrected chi connectivity index (χ2v) is 9.62. The van der Waals surface area contributed by atoms with E-state index in [1.807, 2.05) is 25.1 Å².